The van der Waals surface area contributed by atoms with Gasteiger partial charge in [-0.3, -0.25) is 4.90 Å². The molecule has 0 aliphatic carbocycles. The molecular weight excluding hydrogens is 433 g/mol. The van der Waals surface area contributed by atoms with Crippen LogP contribution in [0.15, 0.2) is 41.1 Å². The number of benzene rings is 2. The molecule has 0 radical (unpaired) electrons. The highest BCUT2D eigenvalue weighted by molar-refractivity contribution is 5.87. The van der Waals surface area contributed by atoms with E-state index in [0.29, 0.717) is 17.6 Å². The Kier molecular flexibility index (Phi) is 6.05. The Bertz CT molecular complexity index is 1210. The summed E-state index contributed by atoms with van der Waals surface area (Å²) in [7, 11) is 1.21. The number of rotatable bonds is 5. The summed E-state index contributed by atoms with van der Waals surface area (Å²) in [5.41, 5.74) is 0.578. The third-order valence-corrected chi connectivity index (χ3v) is 5.92. The van der Waals surface area contributed by atoms with Gasteiger partial charge < -0.3 is 9.26 Å². The smallest absolute Gasteiger partial charge is 0.330 e. The molecule has 0 spiro atoms. The number of hydrogen-bond acceptors (Lipinski definition) is 5. The molecule has 2 aromatic carbocycles. The number of carbonyl (C=O) groups is 1. The van der Waals surface area contributed by atoms with Gasteiger partial charge in [-0.1, -0.05) is 11.2 Å². The lowest BCUT2D eigenvalue weighted by molar-refractivity contribution is -0.134. The normalized spacial score (nSPS) is 19.2. The van der Waals surface area contributed by atoms with Crippen molar-refractivity contribution in [1.29, 1.82) is 0 Å². The first kappa shape index (κ1) is 23.0. The Morgan fingerprint density at radius 2 is 2.00 bits per heavy atom. The van der Waals surface area contributed by atoms with E-state index < -0.39 is 29.3 Å². The molecule has 2 heterocycles. The lowest BCUT2D eigenvalue weighted by atomic mass is 9.82. The first-order valence-corrected chi connectivity index (χ1v) is 10.6. The molecule has 1 aliphatic heterocycles. The van der Waals surface area contributed by atoms with Crippen molar-refractivity contribution in [3.05, 3.63) is 70.4 Å². The summed E-state index contributed by atoms with van der Waals surface area (Å²) in [5, 5.41) is 4.64. The summed E-state index contributed by atoms with van der Waals surface area (Å²) < 4.78 is 55.5. The molecule has 0 fully saturated rings. The topological polar surface area (TPSA) is 55.6 Å². The minimum absolute atomic E-state index is 0.0111. The summed E-state index contributed by atoms with van der Waals surface area (Å²) in [5.74, 6) is -2.20. The Morgan fingerprint density at radius 1 is 1.30 bits per heavy atom. The molecule has 3 aromatic rings. The molecule has 2 atom stereocenters. The van der Waals surface area contributed by atoms with Crippen LogP contribution in [0.4, 0.5) is 13.2 Å². The highest BCUT2D eigenvalue weighted by Gasteiger charge is 2.40. The average Bonchev–Trinajstić information content (AvgIpc) is 3.22. The zero-order valence-electron chi connectivity index (χ0n) is 18.9. The Balaban J connectivity index is 1.88. The number of nitrogens with zero attached hydrogens (tertiary/aromatic N) is 2. The first-order valence-electron chi connectivity index (χ1n) is 10.6. The predicted molar refractivity (Wildman–Crippen MR) is 118 cm³/mol. The summed E-state index contributed by atoms with van der Waals surface area (Å²) in [6, 6.07) is 4.75. The minimum atomic E-state index is -1.58. The molecule has 1 aromatic heterocycles. The van der Waals surface area contributed by atoms with Crippen molar-refractivity contribution in [2.75, 3.05) is 13.7 Å². The van der Waals surface area contributed by atoms with Crippen LogP contribution >= 0.6 is 0 Å². The number of fused-ring (bicyclic) bond motifs is 3. The molecular formula is C25H25F3N2O3. The van der Waals surface area contributed by atoms with E-state index in [-0.39, 0.29) is 23.7 Å². The maximum atomic E-state index is 15.4. The third kappa shape index (κ3) is 4.53. The highest BCUT2D eigenvalue weighted by Crippen LogP contribution is 2.43. The standard InChI is InChI=1S/C25H25F3N2O3/c1-14-9-17-16(6-7-21-18(17)12-29-33-21)24(30(14)13-25(2,3)28)23-19(26)10-15(11-20(23)27)5-8-22(31)32-4/h5-8,10-12,14,24H,9,13H2,1-4H3/b8-5+/t14-,24+/m0/s1. The molecule has 0 amide bonds. The van der Waals surface area contributed by atoms with Crippen LogP contribution in [0.1, 0.15) is 49.1 Å². The number of esters is 1. The van der Waals surface area contributed by atoms with Crippen LogP contribution in [0.5, 0.6) is 0 Å². The summed E-state index contributed by atoms with van der Waals surface area (Å²) in [6.07, 6.45) is 4.53. The van der Waals surface area contributed by atoms with Gasteiger partial charge in [0.2, 0.25) is 0 Å². The van der Waals surface area contributed by atoms with E-state index >= 15 is 8.78 Å². The van der Waals surface area contributed by atoms with Gasteiger partial charge in [0, 0.05) is 29.6 Å². The van der Waals surface area contributed by atoms with Crippen LogP contribution in [0.3, 0.4) is 0 Å². The van der Waals surface area contributed by atoms with Crippen LogP contribution in [-0.2, 0) is 16.0 Å². The molecule has 174 valence electrons. The van der Waals surface area contributed by atoms with Gasteiger partial charge in [0.15, 0.2) is 5.58 Å². The predicted octanol–water partition coefficient (Wildman–Crippen LogP) is 5.38. The van der Waals surface area contributed by atoms with Gasteiger partial charge in [0.1, 0.15) is 17.3 Å². The SMILES string of the molecule is COC(=O)/C=C/c1cc(F)c([C@H]2c3ccc4oncc4c3C[C@H](C)N2CC(C)(C)F)c(F)c1. The highest BCUT2D eigenvalue weighted by atomic mass is 19.1. The number of alkyl halides is 1. The Morgan fingerprint density at radius 3 is 2.64 bits per heavy atom. The van der Waals surface area contributed by atoms with Crippen molar-refractivity contribution >= 4 is 23.0 Å². The van der Waals surface area contributed by atoms with Gasteiger partial charge >= 0.3 is 5.97 Å². The molecule has 8 heteroatoms. The van der Waals surface area contributed by atoms with E-state index in [1.165, 1.54) is 27.0 Å². The lowest BCUT2D eigenvalue weighted by Gasteiger charge is -2.44. The fourth-order valence-corrected chi connectivity index (χ4v) is 4.54. The van der Waals surface area contributed by atoms with Crippen LogP contribution in [0.2, 0.25) is 0 Å². The second-order valence-electron chi connectivity index (χ2n) is 8.97. The number of carbonyl (C=O) groups excluding carboxylic acids is 1. The van der Waals surface area contributed by atoms with Gasteiger partial charge in [-0.25, -0.2) is 18.0 Å². The maximum absolute atomic E-state index is 15.4. The van der Waals surface area contributed by atoms with Crippen molar-refractivity contribution in [3.8, 4) is 0 Å². The number of hydrogen-bond donors (Lipinski definition) is 0. The molecule has 0 N–H and O–H groups in total. The van der Waals surface area contributed by atoms with Gasteiger partial charge in [0.05, 0.1) is 19.3 Å². The van der Waals surface area contributed by atoms with Gasteiger partial charge in [0.25, 0.3) is 0 Å². The number of aromatic nitrogens is 1. The number of ether oxygens (including phenoxy) is 1. The summed E-state index contributed by atoms with van der Waals surface area (Å²) >= 11 is 0. The second-order valence-corrected chi connectivity index (χ2v) is 8.97. The molecule has 5 nitrogen and oxygen atoms in total. The lowest BCUT2D eigenvalue weighted by Crippen LogP contribution is -2.48. The van der Waals surface area contributed by atoms with Crippen LogP contribution in [0.25, 0.3) is 17.0 Å². The fraction of sp³-hybridized carbons (Fsp3) is 0.360. The van der Waals surface area contributed by atoms with Crippen molar-refractivity contribution in [2.45, 2.75) is 44.9 Å². The Hall–Kier alpha value is -3.13. The Labute approximate surface area is 189 Å². The second kappa shape index (κ2) is 8.67. The quantitative estimate of drug-likeness (QED) is 0.380. The molecule has 33 heavy (non-hydrogen) atoms. The van der Waals surface area contributed by atoms with Crippen LogP contribution in [0, 0.1) is 11.6 Å². The molecule has 0 bridgehead atoms. The van der Waals surface area contributed by atoms with Gasteiger partial charge in [-0.15, -0.1) is 0 Å². The van der Waals surface area contributed by atoms with Crippen molar-refractivity contribution in [3.63, 3.8) is 0 Å². The van der Waals surface area contributed by atoms with Gasteiger partial charge in [-0.2, -0.15) is 0 Å². The maximum Gasteiger partial charge on any atom is 0.330 e. The molecule has 0 unspecified atom stereocenters. The average molecular weight is 458 g/mol. The van der Waals surface area contributed by atoms with E-state index in [9.17, 15) is 9.18 Å². The first-order chi connectivity index (χ1) is 15.6. The van der Waals surface area contributed by atoms with Crippen LogP contribution in [-0.4, -0.2) is 41.4 Å². The van der Waals surface area contributed by atoms with Crippen LogP contribution < -0.4 is 0 Å². The minimum Gasteiger partial charge on any atom is -0.466 e. The molecule has 1 aliphatic rings. The van der Waals surface area contributed by atoms with E-state index in [0.717, 1.165) is 29.2 Å². The van der Waals surface area contributed by atoms with Gasteiger partial charge in [-0.05, 0) is 68.2 Å². The van der Waals surface area contributed by atoms with E-state index in [1.54, 1.807) is 23.2 Å². The zero-order chi connectivity index (χ0) is 23.9. The molecule has 4 rings (SSSR count). The third-order valence-electron chi connectivity index (χ3n) is 5.92. The van der Waals surface area contributed by atoms with Crippen molar-refractivity contribution in [1.82, 2.24) is 10.1 Å². The van der Waals surface area contributed by atoms with E-state index in [2.05, 4.69) is 9.89 Å². The summed E-state index contributed by atoms with van der Waals surface area (Å²) in [4.78, 5) is 13.2. The van der Waals surface area contributed by atoms with Crippen molar-refractivity contribution < 1.29 is 27.2 Å². The fourth-order valence-electron chi connectivity index (χ4n) is 4.54. The molecule has 0 saturated carbocycles. The molecule has 0 saturated heterocycles. The van der Waals surface area contributed by atoms with E-state index in [1.807, 2.05) is 6.92 Å². The van der Waals surface area contributed by atoms with E-state index in [4.69, 9.17) is 4.52 Å². The zero-order valence-corrected chi connectivity index (χ0v) is 18.9. The van der Waals surface area contributed by atoms with Crippen molar-refractivity contribution in [2.24, 2.45) is 0 Å². The summed E-state index contributed by atoms with van der Waals surface area (Å²) in [6.45, 7) is 4.80. The monoisotopic (exact) mass is 458 g/mol. The number of methoxy groups -OCH3 is 1. The largest absolute Gasteiger partial charge is 0.466 e. The number of halogens is 3.